The number of likely N-dealkylation sites (N-methyl/N-ethyl adjacent to an activating group) is 1. The van der Waals surface area contributed by atoms with Crippen LogP contribution in [0.15, 0.2) is 24.3 Å². The number of carbonyl (C=O) groups is 1. The zero-order chi connectivity index (χ0) is 13.8. The minimum atomic E-state index is -0.103. The van der Waals surface area contributed by atoms with Gasteiger partial charge in [-0.25, -0.2) is 4.98 Å². The molecule has 0 fully saturated rings. The molecule has 1 unspecified atom stereocenters. The van der Waals surface area contributed by atoms with E-state index in [0.717, 1.165) is 16.9 Å². The van der Waals surface area contributed by atoms with Crippen LogP contribution in [0.25, 0.3) is 11.0 Å². The van der Waals surface area contributed by atoms with Gasteiger partial charge < -0.3 is 15.6 Å². The lowest BCUT2D eigenvalue weighted by Gasteiger charge is -2.20. The molecule has 0 saturated carbocycles. The van der Waals surface area contributed by atoms with Crippen LogP contribution in [0.3, 0.4) is 0 Å². The van der Waals surface area contributed by atoms with E-state index in [4.69, 9.17) is 0 Å². The standard InChI is InChI=1S/C14H20N4O.2ClH/c1-9(2)13(18-12(19)8-15-3)14-16-10-6-4-5-7-11(10)17-14;;/h4-7,9,13,15H,8H2,1-3H3,(H,16,17)(H,18,19);2*1H. The molecule has 0 aliphatic heterocycles. The monoisotopic (exact) mass is 332 g/mol. The lowest BCUT2D eigenvalue weighted by molar-refractivity contribution is -0.121. The summed E-state index contributed by atoms with van der Waals surface area (Å²) in [5.41, 5.74) is 1.91. The van der Waals surface area contributed by atoms with E-state index in [2.05, 4.69) is 34.4 Å². The van der Waals surface area contributed by atoms with Gasteiger partial charge in [-0.05, 0) is 25.1 Å². The number of carbonyl (C=O) groups excluding carboxylic acids is 1. The fourth-order valence-electron chi connectivity index (χ4n) is 2.06. The molecule has 1 atom stereocenters. The molecule has 5 nitrogen and oxygen atoms in total. The van der Waals surface area contributed by atoms with Crippen molar-refractivity contribution in [1.29, 1.82) is 0 Å². The zero-order valence-corrected chi connectivity index (χ0v) is 14.0. The smallest absolute Gasteiger partial charge is 0.234 e. The fraction of sp³-hybridized carbons (Fsp3) is 0.429. The number of halogens is 2. The van der Waals surface area contributed by atoms with Crippen molar-refractivity contribution < 1.29 is 4.79 Å². The summed E-state index contributed by atoms with van der Waals surface area (Å²) >= 11 is 0. The predicted molar refractivity (Wildman–Crippen MR) is 90.2 cm³/mol. The number of aromatic nitrogens is 2. The van der Waals surface area contributed by atoms with E-state index in [1.165, 1.54) is 0 Å². The summed E-state index contributed by atoms with van der Waals surface area (Å²) in [6.45, 7) is 4.44. The van der Waals surface area contributed by atoms with Crippen LogP contribution >= 0.6 is 24.8 Å². The van der Waals surface area contributed by atoms with E-state index in [-0.39, 0.29) is 42.7 Å². The maximum absolute atomic E-state index is 11.7. The van der Waals surface area contributed by atoms with Crippen LogP contribution in [-0.4, -0.2) is 29.5 Å². The minimum Gasteiger partial charge on any atom is -0.345 e. The summed E-state index contributed by atoms with van der Waals surface area (Å²) in [7, 11) is 1.76. The molecule has 1 aromatic carbocycles. The third kappa shape index (κ3) is 4.88. The molecule has 0 aliphatic rings. The molecule has 1 heterocycles. The normalized spacial score (nSPS) is 11.6. The van der Waals surface area contributed by atoms with E-state index < -0.39 is 0 Å². The summed E-state index contributed by atoms with van der Waals surface area (Å²) in [4.78, 5) is 19.6. The number of amides is 1. The Balaban J connectivity index is 0.00000200. The van der Waals surface area contributed by atoms with Crippen LogP contribution in [0.1, 0.15) is 25.7 Å². The van der Waals surface area contributed by atoms with E-state index in [1.807, 2.05) is 24.3 Å². The number of benzene rings is 1. The SMILES string of the molecule is CNCC(=O)NC(c1nc2ccccc2[nH]1)C(C)C.Cl.Cl. The number of rotatable bonds is 5. The number of hydrogen-bond donors (Lipinski definition) is 3. The van der Waals surface area contributed by atoms with Crippen molar-refractivity contribution in [2.45, 2.75) is 19.9 Å². The summed E-state index contributed by atoms with van der Waals surface area (Å²) in [5.74, 6) is 1.05. The largest absolute Gasteiger partial charge is 0.345 e. The number of para-hydroxylation sites is 2. The number of H-pyrrole nitrogens is 1. The van der Waals surface area contributed by atoms with Crippen molar-refractivity contribution in [2.24, 2.45) is 5.92 Å². The Bertz CT molecular complexity index is 538. The van der Waals surface area contributed by atoms with Crippen LogP contribution in [0.5, 0.6) is 0 Å². The molecular weight excluding hydrogens is 311 g/mol. The van der Waals surface area contributed by atoms with Gasteiger partial charge in [-0.15, -0.1) is 24.8 Å². The molecular formula is C14H22Cl2N4O. The molecule has 1 amide bonds. The van der Waals surface area contributed by atoms with Crippen molar-refractivity contribution in [3.8, 4) is 0 Å². The minimum absolute atomic E-state index is 0. The lowest BCUT2D eigenvalue weighted by atomic mass is 10.0. The first-order valence-corrected chi connectivity index (χ1v) is 6.50. The Labute approximate surface area is 137 Å². The second kappa shape index (κ2) is 8.87. The highest BCUT2D eigenvalue weighted by molar-refractivity contribution is 5.85. The molecule has 0 saturated heterocycles. The Hall–Kier alpha value is -1.30. The Morgan fingerprint density at radius 1 is 1.29 bits per heavy atom. The number of hydrogen-bond acceptors (Lipinski definition) is 3. The molecule has 0 bridgehead atoms. The topological polar surface area (TPSA) is 69.8 Å². The van der Waals surface area contributed by atoms with Gasteiger partial charge in [0.05, 0.1) is 23.6 Å². The van der Waals surface area contributed by atoms with E-state index in [0.29, 0.717) is 6.54 Å². The summed E-state index contributed by atoms with van der Waals surface area (Å²) < 4.78 is 0. The molecule has 0 radical (unpaired) electrons. The van der Waals surface area contributed by atoms with Gasteiger partial charge in [0, 0.05) is 0 Å². The van der Waals surface area contributed by atoms with Gasteiger partial charge >= 0.3 is 0 Å². The second-order valence-electron chi connectivity index (χ2n) is 4.96. The number of fused-ring (bicyclic) bond motifs is 1. The summed E-state index contributed by atoms with van der Waals surface area (Å²) in [5, 5.41) is 5.85. The van der Waals surface area contributed by atoms with Gasteiger partial charge in [0.15, 0.2) is 0 Å². The van der Waals surface area contributed by atoms with Crippen molar-refractivity contribution in [3.05, 3.63) is 30.1 Å². The van der Waals surface area contributed by atoms with E-state index >= 15 is 0 Å². The van der Waals surface area contributed by atoms with E-state index in [9.17, 15) is 4.79 Å². The lowest BCUT2D eigenvalue weighted by Crippen LogP contribution is -2.37. The Morgan fingerprint density at radius 3 is 2.52 bits per heavy atom. The molecule has 1 aromatic heterocycles. The second-order valence-corrected chi connectivity index (χ2v) is 4.96. The molecule has 7 heteroatoms. The first-order chi connectivity index (χ1) is 9.11. The number of nitrogens with zero attached hydrogens (tertiary/aromatic N) is 1. The van der Waals surface area contributed by atoms with Crippen LogP contribution in [0.4, 0.5) is 0 Å². The van der Waals surface area contributed by atoms with Crippen molar-refractivity contribution in [2.75, 3.05) is 13.6 Å². The first-order valence-electron chi connectivity index (χ1n) is 6.50. The number of aromatic amines is 1. The van der Waals surface area contributed by atoms with E-state index in [1.54, 1.807) is 7.05 Å². The molecule has 2 rings (SSSR count). The highest BCUT2D eigenvalue weighted by atomic mass is 35.5. The van der Waals surface area contributed by atoms with Crippen LogP contribution in [0.2, 0.25) is 0 Å². The van der Waals surface area contributed by atoms with Crippen LogP contribution in [0, 0.1) is 5.92 Å². The maximum Gasteiger partial charge on any atom is 0.234 e. The number of imidazole rings is 1. The Morgan fingerprint density at radius 2 is 1.95 bits per heavy atom. The zero-order valence-electron chi connectivity index (χ0n) is 12.3. The van der Waals surface area contributed by atoms with Gasteiger partial charge in [0.25, 0.3) is 0 Å². The summed E-state index contributed by atoms with van der Waals surface area (Å²) in [6, 6.07) is 7.76. The third-order valence-electron chi connectivity index (χ3n) is 3.02. The van der Waals surface area contributed by atoms with Gasteiger partial charge in [-0.3, -0.25) is 4.79 Å². The average molecular weight is 333 g/mol. The molecule has 21 heavy (non-hydrogen) atoms. The maximum atomic E-state index is 11.7. The van der Waals surface area contributed by atoms with Crippen molar-refractivity contribution in [1.82, 2.24) is 20.6 Å². The first kappa shape index (κ1) is 19.7. The van der Waals surface area contributed by atoms with Gasteiger partial charge in [0.2, 0.25) is 5.91 Å². The van der Waals surface area contributed by atoms with Crippen molar-refractivity contribution in [3.63, 3.8) is 0 Å². The van der Waals surface area contributed by atoms with Gasteiger partial charge in [0.1, 0.15) is 5.82 Å². The quantitative estimate of drug-likeness (QED) is 0.787. The average Bonchev–Trinajstić information content (AvgIpc) is 2.79. The molecule has 0 spiro atoms. The van der Waals surface area contributed by atoms with Crippen LogP contribution in [-0.2, 0) is 4.79 Å². The predicted octanol–water partition coefficient (Wildman–Crippen LogP) is 2.44. The van der Waals surface area contributed by atoms with Gasteiger partial charge in [-0.2, -0.15) is 0 Å². The molecule has 118 valence electrons. The molecule has 0 aliphatic carbocycles. The highest BCUT2D eigenvalue weighted by Gasteiger charge is 2.21. The number of nitrogens with one attached hydrogen (secondary N) is 3. The summed E-state index contributed by atoms with van der Waals surface area (Å²) in [6.07, 6.45) is 0. The fourth-order valence-corrected chi connectivity index (χ4v) is 2.06. The highest BCUT2D eigenvalue weighted by Crippen LogP contribution is 2.21. The van der Waals surface area contributed by atoms with Crippen LogP contribution < -0.4 is 10.6 Å². The Kier molecular flexibility index (Phi) is 8.32. The molecule has 3 N–H and O–H groups in total. The van der Waals surface area contributed by atoms with Gasteiger partial charge in [-0.1, -0.05) is 26.0 Å². The van der Waals surface area contributed by atoms with Crippen molar-refractivity contribution >= 4 is 41.8 Å². The third-order valence-corrected chi connectivity index (χ3v) is 3.02. The molecule has 2 aromatic rings.